The summed E-state index contributed by atoms with van der Waals surface area (Å²) in [7, 11) is 0. The summed E-state index contributed by atoms with van der Waals surface area (Å²) in [5.74, 6) is -0.315. The number of carboxylic acids is 1. The molecular weight excluding hydrogens is 232 g/mol. The first-order valence-corrected chi connectivity index (χ1v) is 6.63. The molecule has 0 aliphatic carbocycles. The quantitative estimate of drug-likeness (QED) is 0.624. The van der Waals surface area contributed by atoms with E-state index in [0.29, 0.717) is 25.3 Å². The van der Waals surface area contributed by atoms with Gasteiger partial charge in [-0.05, 0) is 25.2 Å². The minimum atomic E-state index is -0.852. The lowest BCUT2D eigenvalue weighted by atomic mass is 9.82. The van der Waals surface area contributed by atoms with E-state index >= 15 is 0 Å². The lowest BCUT2D eigenvalue weighted by Gasteiger charge is -2.26. The zero-order valence-electron chi connectivity index (χ0n) is 11.9. The van der Waals surface area contributed by atoms with Crippen molar-refractivity contribution in [3.63, 3.8) is 0 Å². The van der Waals surface area contributed by atoms with E-state index in [4.69, 9.17) is 0 Å². The van der Waals surface area contributed by atoms with Crippen LogP contribution in [0.25, 0.3) is 0 Å². The summed E-state index contributed by atoms with van der Waals surface area (Å²) in [6.45, 7) is 8.61. The second-order valence-corrected chi connectivity index (χ2v) is 5.08. The Balaban J connectivity index is 4.12. The summed E-state index contributed by atoms with van der Waals surface area (Å²) in [5, 5.41) is 14.6. The SMILES string of the molecule is CCC(CC)(CNC(=O)NCCC(C)C)C(=O)O. The Morgan fingerprint density at radius 1 is 1.17 bits per heavy atom. The van der Waals surface area contributed by atoms with Crippen molar-refractivity contribution in [1.29, 1.82) is 0 Å². The van der Waals surface area contributed by atoms with Crippen LogP contribution in [0.4, 0.5) is 4.79 Å². The maximum atomic E-state index is 11.5. The first-order chi connectivity index (χ1) is 8.38. The molecule has 0 unspecified atom stereocenters. The first kappa shape index (κ1) is 16.7. The zero-order valence-corrected chi connectivity index (χ0v) is 11.9. The van der Waals surface area contributed by atoms with Gasteiger partial charge in [0.1, 0.15) is 0 Å². The van der Waals surface area contributed by atoms with Crippen molar-refractivity contribution in [1.82, 2.24) is 10.6 Å². The zero-order chi connectivity index (χ0) is 14.2. The number of hydrogen-bond acceptors (Lipinski definition) is 2. The first-order valence-electron chi connectivity index (χ1n) is 6.63. The van der Waals surface area contributed by atoms with Gasteiger partial charge in [-0.3, -0.25) is 4.79 Å². The minimum absolute atomic E-state index is 0.169. The van der Waals surface area contributed by atoms with Gasteiger partial charge in [-0.25, -0.2) is 4.79 Å². The van der Waals surface area contributed by atoms with Crippen molar-refractivity contribution < 1.29 is 14.7 Å². The molecule has 0 saturated carbocycles. The predicted molar refractivity (Wildman–Crippen MR) is 71.5 cm³/mol. The molecule has 0 bridgehead atoms. The van der Waals surface area contributed by atoms with Crippen LogP contribution < -0.4 is 10.6 Å². The number of carboxylic acid groups (broad SMARTS) is 1. The van der Waals surface area contributed by atoms with Gasteiger partial charge in [0, 0.05) is 13.1 Å². The van der Waals surface area contributed by atoms with Crippen molar-refractivity contribution in [2.75, 3.05) is 13.1 Å². The molecule has 0 aromatic carbocycles. The number of carbonyl (C=O) groups is 2. The third kappa shape index (κ3) is 5.38. The van der Waals surface area contributed by atoms with Crippen LogP contribution in [0.2, 0.25) is 0 Å². The molecule has 0 saturated heterocycles. The Hall–Kier alpha value is -1.26. The van der Waals surface area contributed by atoms with E-state index in [1.807, 2.05) is 13.8 Å². The molecule has 3 N–H and O–H groups in total. The van der Waals surface area contributed by atoms with Crippen LogP contribution in [0, 0.1) is 11.3 Å². The standard InChI is InChI=1S/C13H26N2O3/c1-5-13(6-2,11(16)17)9-15-12(18)14-8-7-10(3)4/h10H,5-9H2,1-4H3,(H,16,17)(H2,14,15,18). The van der Waals surface area contributed by atoms with Crippen LogP contribution in [0.1, 0.15) is 47.0 Å². The molecule has 0 heterocycles. The monoisotopic (exact) mass is 258 g/mol. The molecule has 106 valence electrons. The van der Waals surface area contributed by atoms with Crippen molar-refractivity contribution in [2.45, 2.75) is 47.0 Å². The largest absolute Gasteiger partial charge is 0.481 e. The molecule has 0 aliphatic heterocycles. The van der Waals surface area contributed by atoms with E-state index in [0.717, 1.165) is 6.42 Å². The number of aliphatic carboxylic acids is 1. The Bertz CT molecular complexity index is 273. The van der Waals surface area contributed by atoms with Crippen molar-refractivity contribution in [3.8, 4) is 0 Å². The average Bonchev–Trinajstić information content (AvgIpc) is 2.30. The van der Waals surface area contributed by atoms with Crippen LogP contribution in [-0.4, -0.2) is 30.2 Å². The maximum absolute atomic E-state index is 11.5. The Morgan fingerprint density at radius 3 is 2.11 bits per heavy atom. The number of urea groups is 1. The number of nitrogens with one attached hydrogen (secondary N) is 2. The third-order valence-electron chi connectivity index (χ3n) is 3.40. The highest BCUT2D eigenvalue weighted by molar-refractivity contribution is 5.78. The summed E-state index contributed by atoms with van der Waals surface area (Å²) >= 11 is 0. The van der Waals surface area contributed by atoms with Crippen LogP contribution >= 0.6 is 0 Å². The van der Waals surface area contributed by atoms with E-state index in [-0.39, 0.29) is 12.6 Å². The smallest absolute Gasteiger partial charge is 0.314 e. The highest BCUT2D eigenvalue weighted by Crippen LogP contribution is 2.25. The molecule has 0 aromatic rings. The van der Waals surface area contributed by atoms with Gasteiger partial charge >= 0.3 is 12.0 Å². The summed E-state index contributed by atoms with van der Waals surface area (Å²) in [5.41, 5.74) is -0.852. The molecule has 0 aliphatic rings. The molecule has 0 atom stereocenters. The van der Waals surface area contributed by atoms with E-state index in [2.05, 4.69) is 24.5 Å². The van der Waals surface area contributed by atoms with Crippen LogP contribution in [0.3, 0.4) is 0 Å². The molecule has 0 spiro atoms. The highest BCUT2D eigenvalue weighted by Gasteiger charge is 2.35. The Morgan fingerprint density at radius 2 is 1.72 bits per heavy atom. The molecule has 5 nitrogen and oxygen atoms in total. The van der Waals surface area contributed by atoms with Gasteiger partial charge in [0.15, 0.2) is 0 Å². The molecule has 5 heteroatoms. The fourth-order valence-corrected chi connectivity index (χ4v) is 1.66. The second kappa shape index (κ2) is 7.95. The van der Waals surface area contributed by atoms with E-state index in [1.165, 1.54) is 0 Å². The molecule has 0 radical (unpaired) electrons. The van der Waals surface area contributed by atoms with E-state index < -0.39 is 11.4 Å². The van der Waals surface area contributed by atoms with Crippen LogP contribution in [0.15, 0.2) is 0 Å². The topological polar surface area (TPSA) is 78.4 Å². The molecule has 2 amide bonds. The molecule has 18 heavy (non-hydrogen) atoms. The molecule has 0 fully saturated rings. The lowest BCUT2D eigenvalue weighted by Crippen LogP contribution is -2.46. The molecular formula is C13H26N2O3. The van der Waals surface area contributed by atoms with Gasteiger partial charge in [0.2, 0.25) is 0 Å². The third-order valence-corrected chi connectivity index (χ3v) is 3.40. The maximum Gasteiger partial charge on any atom is 0.314 e. The Kier molecular flexibility index (Phi) is 7.39. The normalized spacial score (nSPS) is 11.4. The van der Waals surface area contributed by atoms with Crippen molar-refractivity contribution in [3.05, 3.63) is 0 Å². The summed E-state index contributed by atoms with van der Waals surface area (Å²) in [6, 6.07) is -0.289. The van der Waals surface area contributed by atoms with E-state index in [9.17, 15) is 14.7 Å². The van der Waals surface area contributed by atoms with Gasteiger partial charge in [-0.1, -0.05) is 27.7 Å². The average molecular weight is 258 g/mol. The van der Waals surface area contributed by atoms with Gasteiger partial charge < -0.3 is 15.7 Å². The summed E-state index contributed by atoms with van der Waals surface area (Å²) < 4.78 is 0. The Labute approximate surface area is 109 Å². The number of hydrogen-bond donors (Lipinski definition) is 3. The van der Waals surface area contributed by atoms with Gasteiger partial charge in [-0.2, -0.15) is 0 Å². The summed E-state index contributed by atoms with van der Waals surface area (Å²) in [6.07, 6.45) is 1.93. The van der Waals surface area contributed by atoms with E-state index in [1.54, 1.807) is 0 Å². The van der Waals surface area contributed by atoms with Gasteiger partial charge in [-0.15, -0.1) is 0 Å². The number of amides is 2. The van der Waals surface area contributed by atoms with Crippen molar-refractivity contribution in [2.24, 2.45) is 11.3 Å². The fourth-order valence-electron chi connectivity index (χ4n) is 1.66. The lowest BCUT2D eigenvalue weighted by molar-refractivity contribution is -0.149. The predicted octanol–water partition coefficient (Wildman–Crippen LogP) is 2.22. The molecule has 0 rings (SSSR count). The van der Waals surface area contributed by atoms with Gasteiger partial charge in [0.25, 0.3) is 0 Å². The molecule has 0 aromatic heterocycles. The van der Waals surface area contributed by atoms with Gasteiger partial charge in [0.05, 0.1) is 5.41 Å². The highest BCUT2D eigenvalue weighted by atomic mass is 16.4. The minimum Gasteiger partial charge on any atom is -0.481 e. The second-order valence-electron chi connectivity index (χ2n) is 5.08. The van der Waals surface area contributed by atoms with Crippen molar-refractivity contribution >= 4 is 12.0 Å². The summed E-state index contributed by atoms with van der Waals surface area (Å²) in [4.78, 5) is 22.7. The van der Waals surface area contributed by atoms with Crippen LogP contribution in [-0.2, 0) is 4.79 Å². The fraction of sp³-hybridized carbons (Fsp3) is 0.846. The number of rotatable bonds is 8. The number of carbonyl (C=O) groups excluding carboxylic acids is 1. The van der Waals surface area contributed by atoms with Crippen LogP contribution in [0.5, 0.6) is 0 Å².